The molecule has 1 aliphatic carbocycles. The summed E-state index contributed by atoms with van der Waals surface area (Å²) in [4.78, 5) is 32.5. The first kappa shape index (κ1) is 19.0. The van der Waals surface area contributed by atoms with Crippen molar-refractivity contribution in [2.24, 2.45) is 5.10 Å². The number of anilines is 1. The number of carbonyl (C=O) groups is 1. The summed E-state index contributed by atoms with van der Waals surface area (Å²) in [6.45, 7) is 0. The number of benzene rings is 2. The van der Waals surface area contributed by atoms with E-state index in [0.717, 1.165) is 12.1 Å². The minimum absolute atomic E-state index is 0.00404. The average molecular weight is 384 g/mol. The molecule has 1 saturated carbocycles. The molecule has 1 atom stereocenters. The fourth-order valence-corrected chi connectivity index (χ4v) is 3.31. The van der Waals surface area contributed by atoms with E-state index < -0.39 is 32.6 Å². The van der Waals surface area contributed by atoms with Gasteiger partial charge in [-0.2, -0.15) is 5.10 Å². The molecule has 0 saturated heterocycles. The van der Waals surface area contributed by atoms with E-state index in [4.69, 9.17) is 0 Å². The van der Waals surface area contributed by atoms with E-state index in [-0.39, 0.29) is 12.1 Å². The summed E-state index contributed by atoms with van der Waals surface area (Å²) in [5.41, 5.74) is 1.81. The first-order valence-electron chi connectivity index (χ1n) is 8.37. The fraction of sp³-hybridized carbons (Fsp3) is 0.222. The Morgan fingerprint density at radius 1 is 1.11 bits per heavy atom. The summed E-state index contributed by atoms with van der Waals surface area (Å²) < 4.78 is 0. The number of non-ortho nitro benzene ring substituents is 1. The number of nitro benzene ring substituents is 2. The molecule has 10 nitrogen and oxygen atoms in total. The molecule has 0 heterocycles. The summed E-state index contributed by atoms with van der Waals surface area (Å²) in [6, 6.07) is 12.0. The van der Waals surface area contributed by atoms with E-state index in [1.165, 1.54) is 6.07 Å². The third-order valence-electron chi connectivity index (χ3n) is 4.81. The Morgan fingerprint density at radius 2 is 1.82 bits per heavy atom. The lowest BCUT2D eigenvalue weighted by atomic mass is 9.79. The third-order valence-corrected chi connectivity index (χ3v) is 4.81. The quantitative estimate of drug-likeness (QED) is 0.572. The van der Waals surface area contributed by atoms with E-state index in [1.807, 2.05) is 0 Å². The number of hydrazone groups is 1. The Kier molecular flexibility index (Phi) is 5.03. The Balaban J connectivity index is 1.86. The predicted molar refractivity (Wildman–Crippen MR) is 100 cm³/mol. The maximum atomic E-state index is 12.0. The van der Waals surface area contributed by atoms with Crippen molar-refractivity contribution in [1.82, 2.24) is 0 Å². The molecule has 28 heavy (non-hydrogen) atoms. The van der Waals surface area contributed by atoms with Gasteiger partial charge in [-0.05, 0) is 24.5 Å². The van der Waals surface area contributed by atoms with Crippen LogP contribution in [0.25, 0.3) is 0 Å². The minimum Gasteiger partial charge on any atom is -0.481 e. The second-order valence-corrected chi connectivity index (χ2v) is 6.44. The third kappa shape index (κ3) is 3.52. The number of nitro groups is 2. The van der Waals surface area contributed by atoms with Gasteiger partial charge < -0.3 is 5.11 Å². The van der Waals surface area contributed by atoms with Crippen molar-refractivity contribution in [3.05, 3.63) is 74.3 Å². The monoisotopic (exact) mass is 384 g/mol. The zero-order valence-corrected chi connectivity index (χ0v) is 14.6. The number of rotatable bonds is 6. The normalized spacial score (nSPS) is 20.1. The number of nitrogens with zero attached hydrogens (tertiary/aromatic N) is 3. The highest BCUT2D eigenvalue weighted by Crippen LogP contribution is 2.40. The Hall–Kier alpha value is -3.82. The first-order valence-corrected chi connectivity index (χ1v) is 8.37. The van der Waals surface area contributed by atoms with Crippen LogP contribution in [0.3, 0.4) is 0 Å². The van der Waals surface area contributed by atoms with Crippen LogP contribution in [0, 0.1) is 20.2 Å². The van der Waals surface area contributed by atoms with Crippen LogP contribution < -0.4 is 5.43 Å². The van der Waals surface area contributed by atoms with Crippen LogP contribution in [0.5, 0.6) is 0 Å². The smallest absolute Gasteiger partial charge is 0.314 e. The first-order chi connectivity index (χ1) is 13.3. The summed E-state index contributed by atoms with van der Waals surface area (Å²) in [5.74, 6) is -0.954. The van der Waals surface area contributed by atoms with Gasteiger partial charge in [0, 0.05) is 18.2 Å². The summed E-state index contributed by atoms with van der Waals surface area (Å²) in [7, 11) is 0. The molecule has 1 unspecified atom stereocenters. The topological polar surface area (TPSA) is 148 Å². The highest BCUT2D eigenvalue weighted by Gasteiger charge is 2.45. The SMILES string of the molecule is O=C(O)C1(c2ccccc2)CC/C(=N\Nc2ccc([N+](=O)[O-])cc2[N+](=O)[O-])C1. The molecule has 0 spiro atoms. The van der Waals surface area contributed by atoms with Gasteiger partial charge in [0.05, 0.1) is 21.3 Å². The van der Waals surface area contributed by atoms with E-state index >= 15 is 0 Å². The Morgan fingerprint density at radius 3 is 2.43 bits per heavy atom. The number of hydrogen-bond donors (Lipinski definition) is 2. The summed E-state index contributed by atoms with van der Waals surface area (Å²) in [6.07, 6.45) is 0.935. The number of hydrogen-bond acceptors (Lipinski definition) is 7. The molecule has 144 valence electrons. The molecule has 2 aromatic rings. The van der Waals surface area contributed by atoms with Gasteiger partial charge >= 0.3 is 11.7 Å². The van der Waals surface area contributed by atoms with Crippen LogP contribution in [-0.2, 0) is 10.2 Å². The molecule has 10 heteroatoms. The van der Waals surface area contributed by atoms with Gasteiger partial charge in [-0.1, -0.05) is 30.3 Å². The molecule has 0 aromatic heterocycles. The zero-order valence-electron chi connectivity index (χ0n) is 14.6. The zero-order chi connectivity index (χ0) is 20.3. The highest BCUT2D eigenvalue weighted by molar-refractivity contribution is 5.97. The van der Waals surface area contributed by atoms with Crippen molar-refractivity contribution in [2.75, 3.05) is 5.43 Å². The number of carboxylic acid groups (broad SMARTS) is 1. The van der Waals surface area contributed by atoms with Gasteiger partial charge in [0.1, 0.15) is 5.69 Å². The largest absolute Gasteiger partial charge is 0.481 e. The second-order valence-electron chi connectivity index (χ2n) is 6.44. The van der Waals surface area contributed by atoms with Crippen molar-refractivity contribution in [3.63, 3.8) is 0 Å². The average Bonchev–Trinajstić information content (AvgIpc) is 3.12. The highest BCUT2D eigenvalue weighted by atomic mass is 16.6. The molecule has 0 aliphatic heterocycles. The van der Waals surface area contributed by atoms with Crippen molar-refractivity contribution in [3.8, 4) is 0 Å². The molecular formula is C18H16N4O6. The van der Waals surface area contributed by atoms with Crippen LogP contribution in [0.2, 0.25) is 0 Å². The van der Waals surface area contributed by atoms with Crippen molar-refractivity contribution in [2.45, 2.75) is 24.7 Å². The lowest BCUT2D eigenvalue weighted by molar-refractivity contribution is -0.393. The van der Waals surface area contributed by atoms with Gasteiger partial charge in [-0.25, -0.2) is 0 Å². The predicted octanol–water partition coefficient (Wildman–Crippen LogP) is 3.48. The molecule has 3 rings (SSSR count). The number of aliphatic carboxylic acids is 1. The van der Waals surface area contributed by atoms with Crippen LogP contribution >= 0.6 is 0 Å². The van der Waals surface area contributed by atoms with E-state index in [0.29, 0.717) is 24.1 Å². The van der Waals surface area contributed by atoms with Crippen molar-refractivity contribution in [1.29, 1.82) is 0 Å². The molecule has 1 aliphatic rings. The molecule has 1 fully saturated rings. The summed E-state index contributed by atoms with van der Waals surface area (Å²) >= 11 is 0. The minimum atomic E-state index is -1.09. The molecule has 2 aromatic carbocycles. The van der Waals surface area contributed by atoms with Crippen molar-refractivity contribution >= 4 is 28.7 Å². The van der Waals surface area contributed by atoms with Crippen LogP contribution in [-0.4, -0.2) is 26.6 Å². The van der Waals surface area contributed by atoms with Crippen molar-refractivity contribution < 1.29 is 19.7 Å². The van der Waals surface area contributed by atoms with E-state index in [2.05, 4.69) is 10.5 Å². The second kappa shape index (κ2) is 7.43. The van der Waals surface area contributed by atoms with Crippen LogP contribution in [0.1, 0.15) is 24.8 Å². The van der Waals surface area contributed by atoms with Gasteiger partial charge in [0.2, 0.25) is 0 Å². The lowest BCUT2D eigenvalue weighted by Gasteiger charge is -2.23. The fourth-order valence-electron chi connectivity index (χ4n) is 3.31. The van der Waals surface area contributed by atoms with Crippen LogP contribution in [0.4, 0.5) is 17.1 Å². The van der Waals surface area contributed by atoms with E-state index in [9.17, 15) is 30.1 Å². The van der Waals surface area contributed by atoms with Gasteiger partial charge in [0.25, 0.3) is 5.69 Å². The lowest BCUT2D eigenvalue weighted by Crippen LogP contribution is -2.33. The number of nitrogens with one attached hydrogen (secondary N) is 1. The maximum absolute atomic E-state index is 12.0. The number of carboxylic acids is 1. The maximum Gasteiger partial charge on any atom is 0.314 e. The molecule has 0 amide bonds. The Labute approximate surface area is 158 Å². The van der Waals surface area contributed by atoms with Gasteiger partial charge in [0.15, 0.2) is 0 Å². The molecule has 2 N–H and O–H groups in total. The van der Waals surface area contributed by atoms with Crippen LogP contribution in [0.15, 0.2) is 53.6 Å². The summed E-state index contributed by atoms with van der Waals surface area (Å²) in [5, 5.41) is 35.9. The molecular weight excluding hydrogens is 368 g/mol. The molecule has 0 radical (unpaired) electrons. The molecule has 0 bridgehead atoms. The Bertz CT molecular complexity index is 975. The van der Waals surface area contributed by atoms with Gasteiger partial charge in [-0.15, -0.1) is 0 Å². The van der Waals surface area contributed by atoms with E-state index in [1.54, 1.807) is 30.3 Å². The van der Waals surface area contributed by atoms with Gasteiger partial charge in [-0.3, -0.25) is 30.4 Å². The standard InChI is InChI=1S/C18H16N4O6/c23-17(24)18(12-4-2-1-3-5-12)9-8-13(11-18)19-20-15-7-6-14(21(25)26)10-16(15)22(27)28/h1-7,10,20H,8-9,11H2,(H,23,24)/b19-13+.